The molecular formula is C21H24N8O. The number of hydrogen-bond acceptors (Lipinski definition) is 8. The van der Waals surface area contributed by atoms with Crippen molar-refractivity contribution in [3.63, 3.8) is 0 Å². The molecule has 0 radical (unpaired) electrons. The predicted octanol–water partition coefficient (Wildman–Crippen LogP) is 2.94. The second kappa shape index (κ2) is 8.40. The number of nitrogens with zero attached hydrogens (tertiary/aromatic N) is 6. The normalized spacial score (nSPS) is 11.4. The maximum atomic E-state index is 12.2. The van der Waals surface area contributed by atoms with E-state index in [0.717, 1.165) is 54.6 Å². The number of carbonyl (C=O) groups is 1. The maximum absolute atomic E-state index is 12.2. The summed E-state index contributed by atoms with van der Waals surface area (Å²) in [6.07, 6.45) is 8.42. The molecular weight excluding hydrogens is 380 g/mol. The molecule has 4 rings (SSSR count). The third-order valence-corrected chi connectivity index (χ3v) is 5.10. The molecule has 0 fully saturated rings. The molecule has 4 N–H and O–H groups in total. The summed E-state index contributed by atoms with van der Waals surface area (Å²) in [5.74, 6) is 1.68. The molecule has 0 amide bonds. The van der Waals surface area contributed by atoms with Crippen LogP contribution < -0.4 is 11.5 Å². The van der Waals surface area contributed by atoms with Crippen molar-refractivity contribution in [2.24, 2.45) is 0 Å². The molecule has 9 nitrogen and oxygen atoms in total. The Bertz CT molecular complexity index is 1200. The zero-order chi connectivity index (χ0) is 21.1. The summed E-state index contributed by atoms with van der Waals surface area (Å²) < 4.78 is 2.19. The van der Waals surface area contributed by atoms with E-state index < -0.39 is 0 Å². The Morgan fingerprint density at radius 2 is 1.90 bits per heavy atom. The number of carbonyl (C=O) groups excluding carboxylic acids is 1. The van der Waals surface area contributed by atoms with Crippen LogP contribution in [0.1, 0.15) is 48.9 Å². The third kappa shape index (κ3) is 3.78. The van der Waals surface area contributed by atoms with E-state index in [1.165, 1.54) is 12.4 Å². The average Bonchev–Trinajstić information content (AvgIpc) is 3.13. The summed E-state index contributed by atoms with van der Waals surface area (Å²) in [6, 6.07) is 3.76. The topological polar surface area (TPSA) is 138 Å². The monoisotopic (exact) mass is 404 g/mol. The van der Waals surface area contributed by atoms with E-state index in [0.29, 0.717) is 29.3 Å². The Hall–Kier alpha value is -3.62. The average molecular weight is 404 g/mol. The second-order valence-corrected chi connectivity index (χ2v) is 7.16. The lowest BCUT2D eigenvalue weighted by Crippen LogP contribution is -2.06. The van der Waals surface area contributed by atoms with Crippen molar-refractivity contribution < 1.29 is 4.79 Å². The lowest BCUT2D eigenvalue weighted by atomic mass is 10.1. The van der Waals surface area contributed by atoms with Gasteiger partial charge in [-0.1, -0.05) is 13.3 Å². The van der Waals surface area contributed by atoms with Crippen molar-refractivity contribution >= 4 is 39.5 Å². The Morgan fingerprint density at radius 1 is 1.03 bits per heavy atom. The summed E-state index contributed by atoms with van der Waals surface area (Å²) in [7, 11) is 0. The summed E-state index contributed by atoms with van der Waals surface area (Å²) >= 11 is 0. The van der Waals surface area contributed by atoms with Crippen LogP contribution in [0.3, 0.4) is 0 Å². The van der Waals surface area contributed by atoms with Crippen LogP contribution >= 0.6 is 0 Å². The minimum Gasteiger partial charge on any atom is -0.382 e. The molecule has 9 heteroatoms. The van der Waals surface area contributed by atoms with E-state index in [9.17, 15) is 4.79 Å². The number of anilines is 2. The summed E-state index contributed by atoms with van der Waals surface area (Å²) in [6.45, 7) is 2.86. The zero-order valence-corrected chi connectivity index (χ0v) is 16.9. The highest BCUT2D eigenvalue weighted by Gasteiger charge is 2.17. The van der Waals surface area contributed by atoms with Crippen molar-refractivity contribution in [3.05, 3.63) is 42.2 Å². The van der Waals surface area contributed by atoms with E-state index in [1.807, 2.05) is 12.1 Å². The van der Waals surface area contributed by atoms with Gasteiger partial charge in [-0.15, -0.1) is 0 Å². The number of nitrogen functional groups attached to an aromatic ring is 2. The van der Waals surface area contributed by atoms with Gasteiger partial charge in [-0.3, -0.25) is 9.78 Å². The third-order valence-electron chi connectivity index (χ3n) is 5.10. The molecule has 0 aromatic carbocycles. The quantitative estimate of drug-likeness (QED) is 0.337. The van der Waals surface area contributed by atoms with Gasteiger partial charge in [0.1, 0.15) is 33.9 Å². The largest absolute Gasteiger partial charge is 0.382 e. The highest BCUT2D eigenvalue weighted by molar-refractivity contribution is 6.04. The fourth-order valence-electron chi connectivity index (χ4n) is 3.62. The number of pyridine rings is 2. The Balaban J connectivity index is 1.46. The van der Waals surface area contributed by atoms with Gasteiger partial charge in [0.15, 0.2) is 11.6 Å². The predicted molar refractivity (Wildman–Crippen MR) is 116 cm³/mol. The standard InChI is InChI=1S/C21H24N8O/c1-2-17-28-19-20(18-13(27-21(19)23)7-6-9-24-18)29(17)10-5-3-4-8-15(30)14-11-26-16(22)12-25-14/h6-7,9,11-12H,2-5,8,10H2,1H3,(H2,22,26)(H2,23,27). The fraction of sp³-hybridized carbons (Fsp3) is 0.333. The maximum Gasteiger partial charge on any atom is 0.182 e. The van der Waals surface area contributed by atoms with Gasteiger partial charge in [-0.25, -0.2) is 19.9 Å². The van der Waals surface area contributed by atoms with E-state index >= 15 is 0 Å². The van der Waals surface area contributed by atoms with E-state index in [4.69, 9.17) is 16.5 Å². The van der Waals surface area contributed by atoms with Crippen LogP contribution in [-0.4, -0.2) is 35.3 Å². The highest BCUT2D eigenvalue weighted by Crippen LogP contribution is 2.28. The van der Waals surface area contributed by atoms with Crippen LogP contribution in [0, 0.1) is 0 Å². The van der Waals surface area contributed by atoms with Gasteiger partial charge in [-0.05, 0) is 25.0 Å². The smallest absolute Gasteiger partial charge is 0.182 e. The molecule has 0 aliphatic rings. The molecule has 0 bridgehead atoms. The van der Waals surface area contributed by atoms with Gasteiger partial charge >= 0.3 is 0 Å². The lowest BCUT2D eigenvalue weighted by Gasteiger charge is -2.09. The Labute approximate surface area is 173 Å². The van der Waals surface area contributed by atoms with Crippen LogP contribution in [-0.2, 0) is 13.0 Å². The first kappa shape index (κ1) is 19.7. The summed E-state index contributed by atoms with van der Waals surface area (Å²) in [5, 5.41) is 0. The van der Waals surface area contributed by atoms with Gasteiger partial charge in [0.25, 0.3) is 0 Å². The molecule has 0 aliphatic carbocycles. The number of aromatic nitrogens is 6. The number of rotatable bonds is 8. The van der Waals surface area contributed by atoms with E-state index in [2.05, 4.69) is 31.4 Å². The van der Waals surface area contributed by atoms with Crippen molar-refractivity contribution in [3.8, 4) is 0 Å². The van der Waals surface area contributed by atoms with Gasteiger partial charge < -0.3 is 16.0 Å². The minimum absolute atomic E-state index is 0.0149. The molecule has 4 aromatic heterocycles. The SMILES string of the molecule is CCc1nc2c(N)nc3cccnc3c2n1CCCCCC(=O)c1cnc(N)cn1. The molecule has 0 aliphatic heterocycles. The Morgan fingerprint density at radius 3 is 2.67 bits per heavy atom. The first-order chi connectivity index (χ1) is 14.6. The second-order valence-electron chi connectivity index (χ2n) is 7.16. The Kier molecular flexibility index (Phi) is 5.51. The molecule has 30 heavy (non-hydrogen) atoms. The number of fused-ring (bicyclic) bond motifs is 3. The summed E-state index contributed by atoms with van der Waals surface area (Å²) in [4.78, 5) is 33.8. The van der Waals surface area contributed by atoms with Crippen LogP contribution in [0.5, 0.6) is 0 Å². The molecule has 0 spiro atoms. The minimum atomic E-state index is -0.0149. The number of Topliss-reactive ketones (excluding diaryl/α,β-unsaturated/α-hetero) is 1. The molecule has 4 aromatic rings. The highest BCUT2D eigenvalue weighted by atomic mass is 16.1. The van der Waals surface area contributed by atoms with Gasteiger partial charge in [-0.2, -0.15) is 0 Å². The number of nitrogens with two attached hydrogens (primary N) is 2. The van der Waals surface area contributed by atoms with Crippen molar-refractivity contribution in [2.75, 3.05) is 11.5 Å². The first-order valence-corrected chi connectivity index (χ1v) is 10.1. The molecule has 0 unspecified atom stereocenters. The molecule has 154 valence electrons. The molecule has 4 heterocycles. The number of imidazole rings is 1. The molecule has 0 saturated carbocycles. The van der Waals surface area contributed by atoms with Crippen molar-refractivity contribution in [1.82, 2.24) is 29.5 Å². The number of aryl methyl sites for hydroxylation is 2. The van der Waals surface area contributed by atoms with Crippen LogP contribution in [0.4, 0.5) is 11.6 Å². The van der Waals surface area contributed by atoms with Crippen LogP contribution in [0.25, 0.3) is 22.1 Å². The van der Waals surface area contributed by atoms with Gasteiger partial charge in [0.05, 0.1) is 17.9 Å². The summed E-state index contributed by atoms with van der Waals surface area (Å²) in [5.41, 5.74) is 15.2. The lowest BCUT2D eigenvalue weighted by molar-refractivity contribution is 0.0974. The van der Waals surface area contributed by atoms with E-state index in [-0.39, 0.29) is 5.78 Å². The van der Waals surface area contributed by atoms with E-state index in [1.54, 1.807) is 6.20 Å². The molecule has 0 saturated heterocycles. The zero-order valence-electron chi connectivity index (χ0n) is 16.9. The van der Waals surface area contributed by atoms with Crippen LogP contribution in [0.2, 0.25) is 0 Å². The number of hydrogen-bond donors (Lipinski definition) is 2. The molecule has 0 atom stereocenters. The van der Waals surface area contributed by atoms with Crippen molar-refractivity contribution in [2.45, 2.75) is 45.6 Å². The van der Waals surface area contributed by atoms with Gasteiger partial charge in [0, 0.05) is 25.6 Å². The van der Waals surface area contributed by atoms with Crippen LogP contribution in [0.15, 0.2) is 30.7 Å². The number of unbranched alkanes of at least 4 members (excludes halogenated alkanes) is 2. The van der Waals surface area contributed by atoms with Gasteiger partial charge in [0.2, 0.25) is 0 Å². The number of ketones is 1. The van der Waals surface area contributed by atoms with Crippen molar-refractivity contribution in [1.29, 1.82) is 0 Å². The first-order valence-electron chi connectivity index (χ1n) is 10.1. The fourth-order valence-corrected chi connectivity index (χ4v) is 3.62.